The Labute approximate surface area is 88.0 Å². The molecular formula is C13H10O2. The van der Waals surface area contributed by atoms with Gasteiger partial charge in [-0.1, -0.05) is 30.3 Å². The molecule has 1 aliphatic carbocycles. The van der Waals surface area contributed by atoms with Crippen LogP contribution in [0.1, 0.15) is 11.1 Å². The van der Waals surface area contributed by atoms with Gasteiger partial charge in [0.1, 0.15) is 0 Å². The van der Waals surface area contributed by atoms with E-state index in [1.165, 1.54) is 11.1 Å². The average molecular weight is 198 g/mol. The minimum Gasteiger partial charge on any atom is -0.290 e. The lowest BCUT2D eigenvalue weighted by Gasteiger charge is -2.04. The first kappa shape index (κ1) is 8.36. The summed E-state index contributed by atoms with van der Waals surface area (Å²) in [6.07, 6.45) is 1.03. The molecule has 0 aliphatic heterocycles. The fourth-order valence-electron chi connectivity index (χ4n) is 1.55. The predicted molar refractivity (Wildman–Crippen MR) is 56.9 cm³/mol. The van der Waals surface area contributed by atoms with E-state index < -0.39 is 0 Å². The molecule has 0 bridgehead atoms. The molecule has 0 N–H and O–H groups in total. The summed E-state index contributed by atoms with van der Waals surface area (Å²) in [5, 5.41) is 0. The number of fused-ring (bicyclic) bond motifs is 1. The second kappa shape index (κ2) is 3.31. The highest BCUT2D eigenvalue weighted by Gasteiger charge is 2.22. The summed E-state index contributed by atoms with van der Waals surface area (Å²) in [5.41, 5.74) is 2.61. The minimum atomic E-state index is 0.718. The smallest absolute Gasteiger partial charge is 0.182 e. The molecule has 2 heteroatoms. The van der Waals surface area contributed by atoms with E-state index in [0.29, 0.717) is 0 Å². The Kier molecular flexibility index (Phi) is 1.85. The van der Waals surface area contributed by atoms with Crippen molar-refractivity contribution in [2.24, 2.45) is 0 Å². The van der Waals surface area contributed by atoms with Crippen molar-refractivity contribution in [3.8, 4) is 11.5 Å². The van der Waals surface area contributed by atoms with Crippen molar-refractivity contribution < 1.29 is 9.78 Å². The number of rotatable bonds is 3. The Balaban J connectivity index is 1.71. The van der Waals surface area contributed by atoms with Gasteiger partial charge < -0.3 is 0 Å². The summed E-state index contributed by atoms with van der Waals surface area (Å²) in [7, 11) is 0. The number of para-hydroxylation sites is 1. The summed E-state index contributed by atoms with van der Waals surface area (Å²) in [6.45, 7) is 0. The first-order valence-corrected chi connectivity index (χ1v) is 4.94. The lowest BCUT2D eigenvalue weighted by Crippen LogP contribution is -1.99. The summed E-state index contributed by atoms with van der Waals surface area (Å²) in [4.78, 5) is 10.5. The van der Waals surface area contributed by atoms with Gasteiger partial charge >= 0.3 is 0 Å². The lowest BCUT2D eigenvalue weighted by atomic mass is 10.3. The Morgan fingerprint density at radius 2 is 1.67 bits per heavy atom. The molecule has 0 unspecified atom stereocenters. The predicted octanol–water partition coefficient (Wildman–Crippen LogP) is 2.96. The van der Waals surface area contributed by atoms with Crippen LogP contribution in [0.3, 0.4) is 0 Å². The maximum atomic E-state index is 5.27. The van der Waals surface area contributed by atoms with E-state index in [9.17, 15) is 0 Å². The largest absolute Gasteiger partial charge is 0.290 e. The summed E-state index contributed by atoms with van der Waals surface area (Å²) in [6, 6.07) is 15.5. The van der Waals surface area contributed by atoms with Crippen LogP contribution in [0.2, 0.25) is 0 Å². The molecule has 2 nitrogen and oxygen atoms in total. The van der Waals surface area contributed by atoms with Crippen LogP contribution in [0.25, 0.3) is 0 Å². The van der Waals surface area contributed by atoms with Gasteiger partial charge in [-0.05, 0) is 23.8 Å². The van der Waals surface area contributed by atoms with Crippen LogP contribution in [0, 0.1) is 0 Å². The fraction of sp³-hybridized carbons (Fsp3) is 0.0769. The Bertz CT molecular complexity index is 477. The molecular weight excluding hydrogens is 188 g/mol. The van der Waals surface area contributed by atoms with Crippen molar-refractivity contribution in [3.05, 3.63) is 59.7 Å². The van der Waals surface area contributed by atoms with Crippen LogP contribution < -0.4 is 9.78 Å². The average Bonchev–Trinajstić information content (AvgIpc) is 3.07. The highest BCUT2D eigenvalue weighted by atomic mass is 17.2. The third kappa shape index (κ3) is 1.66. The van der Waals surface area contributed by atoms with Crippen LogP contribution in [0.5, 0.6) is 11.5 Å². The zero-order chi connectivity index (χ0) is 10.1. The van der Waals surface area contributed by atoms with Gasteiger partial charge in [0.25, 0.3) is 0 Å². The highest BCUT2D eigenvalue weighted by molar-refractivity contribution is 5.54. The zero-order valence-electron chi connectivity index (χ0n) is 8.14. The van der Waals surface area contributed by atoms with Gasteiger partial charge in [-0.2, -0.15) is 0 Å². The van der Waals surface area contributed by atoms with E-state index >= 15 is 0 Å². The van der Waals surface area contributed by atoms with Gasteiger partial charge in [0, 0.05) is 12.0 Å². The van der Waals surface area contributed by atoms with Gasteiger partial charge in [-0.15, -0.1) is 0 Å². The topological polar surface area (TPSA) is 18.5 Å². The van der Waals surface area contributed by atoms with Crippen molar-refractivity contribution in [1.82, 2.24) is 0 Å². The molecule has 0 aromatic heterocycles. The van der Waals surface area contributed by atoms with Gasteiger partial charge in [0.05, 0.1) is 0 Å². The summed E-state index contributed by atoms with van der Waals surface area (Å²) >= 11 is 0. The van der Waals surface area contributed by atoms with E-state index in [2.05, 4.69) is 6.07 Å². The standard InChI is InChI=1S/C13H10O2/c1-2-6-11(7-3-1)14-15-13-8-4-5-10-9-12(10)13/h1-8H,9H2. The van der Waals surface area contributed by atoms with E-state index in [0.717, 1.165) is 17.9 Å². The number of benzene rings is 2. The van der Waals surface area contributed by atoms with Crippen LogP contribution in [-0.4, -0.2) is 0 Å². The quantitative estimate of drug-likeness (QED) is 0.476. The SMILES string of the molecule is c1ccc(OOc2cccc3c2C3)cc1. The maximum absolute atomic E-state index is 5.27. The molecule has 0 spiro atoms. The summed E-state index contributed by atoms with van der Waals surface area (Å²) < 4.78 is 0. The summed E-state index contributed by atoms with van der Waals surface area (Å²) in [5.74, 6) is 1.55. The highest BCUT2D eigenvalue weighted by Crippen LogP contribution is 2.36. The molecule has 0 saturated carbocycles. The van der Waals surface area contributed by atoms with Gasteiger partial charge in [0.15, 0.2) is 11.5 Å². The molecule has 74 valence electrons. The molecule has 15 heavy (non-hydrogen) atoms. The molecule has 2 aromatic carbocycles. The Hall–Kier alpha value is -1.96. The molecule has 0 saturated heterocycles. The lowest BCUT2D eigenvalue weighted by molar-refractivity contribution is -0.100. The Morgan fingerprint density at radius 3 is 2.53 bits per heavy atom. The first-order chi connectivity index (χ1) is 7.43. The molecule has 3 rings (SSSR count). The van der Waals surface area contributed by atoms with Crippen LogP contribution in [-0.2, 0) is 6.42 Å². The van der Waals surface area contributed by atoms with Crippen molar-refractivity contribution in [2.45, 2.75) is 6.42 Å². The van der Waals surface area contributed by atoms with Crippen molar-refractivity contribution >= 4 is 0 Å². The zero-order valence-corrected chi connectivity index (χ0v) is 8.14. The van der Waals surface area contributed by atoms with Crippen LogP contribution in [0.4, 0.5) is 0 Å². The van der Waals surface area contributed by atoms with Gasteiger partial charge in [-0.25, -0.2) is 0 Å². The second-order valence-electron chi connectivity index (χ2n) is 3.55. The molecule has 0 atom stereocenters. The van der Waals surface area contributed by atoms with E-state index in [1.807, 2.05) is 42.5 Å². The minimum absolute atomic E-state index is 0.718. The van der Waals surface area contributed by atoms with Crippen molar-refractivity contribution in [3.63, 3.8) is 0 Å². The molecule has 0 heterocycles. The van der Waals surface area contributed by atoms with Crippen LogP contribution >= 0.6 is 0 Å². The van der Waals surface area contributed by atoms with Crippen molar-refractivity contribution in [1.29, 1.82) is 0 Å². The molecule has 2 aromatic rings. The number of hydrogen-bond donors (Lipinski definition) is 0. The molecule has 1 aliphatic rings. The monoisotopic (exact) mass is 198 g/mol. The third-order valence-electron chi connectivity index (χ3n) is 2.44. The molecule has 0 fully saturated rings. The Morgan fingerprint density at radius 1 is 0.800 bits per heavy atom. The third-order valence-corrected chi connectivity index (χ3v) is 2.44. The number of hydrogen-bond acceptors (Lipinski definition) is 2. The van der Waals surface area contributed by atoms with E-state index in [1.54, 1.807) is 0 Å². The van der Waals surface area contributed by atoms with E-state index in [-0.39, 0.29) is 0 Å². The first-order valence-electron chi connectivity index (χ1n) is 4.94. The fourth-order valence-corrected chi connectivity index (χ4v) is 1.55. The molecule has 0 amide bonds. The molecule has 0 radical (unpaired) electrons. The van der Waals surface area contributed by atoms with E-state index in [4.69, 9.17) is 9.78 Å². The van der Waals surface area contributed by atoms with Crippen molar-refractivity contribution in [2.75, 3.05) is 0 Å². The van der Waals surface area contributed by atoms with Gasteiger partial charge in [0.2, 0.25) is 0 Å². The van der Waals surface area contributed by atoms with Gasteiger partial charge in [-0.3, -0.25) is 9.78 Å². The maximum Gasteiger partial charge on any atom is 0.182 e. The van der Waals surface area contributed by atoms with Crippen LogP contribution in [0.15, 0.2) is 48.5 Å². The second-order valence-corrected chi connectivity index (χ2v) is 3.55. The normalized spacial score (nSPS) is 11.7.